The van der Waals surface area contributed by atoms with E-state index < -0.39 is 0 Å². The minimum Gasteiger partial charge on any atom is -0.329 e. The lowest BCUT2D eigenvalue weighted by Crippen LogP contribution is -2.12. The van der Waals surface area contributed by atoms with Crippen LogP contribution in [0.4, 0.5) is 11.6 Å². The summed E-state index contributed by atoms with van der Waals surface area (Å²) in [7, 11) is 0. The number of benzene rings is 1. The number of aryl methyl sites for hydroxylation is 1. The summed E-state index contributed by atoms with van der Waals surface area (Å²) in [5.74, 6) is 0.570. The SMILES string of the molecule is CCc1ccc(-c2cn(C3CCCCC3)c3nc(Nc4cncnc4)ncc23)cc1. The molecule has 30 heavy (non-hydrogen) atoms. The monoisotopic (exact) mass is 398 g/mol. The van der Waals surface area contributed by atoms with Crippen LogP contribution in [0.2, 0.25) is 0 Å². The molecule has 1 aliphatic carbocycles. The summed E-state index contributed by atoms with van der Waals surface area (Å²) in [5, 5.41) is 4.33. The van der Waals surface area contributed by atoms with Crippen molar-refractivity contribution in [2.45, 2.75) is 51.5 Å². The van der Waals surface area contributed by atoms with E-state index >= 15 is 0 Å². The van der Waals surface area contributed by atoms with Gasteiger partial charge in [0.1, 0.15) is 12.0 Å². The fraction of sp³-hybridized carbons (Fsp3) is 0.333. The van der Waals surface area contributed by atoms with E-state index in [4.69, 9.17) is 4.98 Å². The van der Waals surface area contributed by atoms with E-state index in [1.807, 2.05) is 6.20 Å². The van der Waals surface area contributed by atoms with E-state index in [0.29, 0.717) is 12.0 Å². The Kier molecular flexibility index (Phi) is 5.13. The molecule has 6 heteroatoms. The molecule has 0 unspecified atom stereocenters. The summed E-state index contributed by atoms with van der Waals surface area (Å²) in [6, 6.07) is 9.35. The molecule has 6 nitrogen and oxygen atoms in total. The minimum atomic E-state index is 0.493. The summed E-state index contributed by atoms with van der Waals surface area (Å²) in [4.78, 5) is 17.6. The number of nitrogens with one attached hydrogen (secondary N) is 1. The number of fused-ring (bicyclic) bond motifs is 1. The molecule has 0 saturated heterocycles. The van der Waals surface area contributed by atoms with Gasteiger partial charge in [-0.15, -0.1) is 0 Å². The summed E-state index contributed by atoms with van der Waals surface area (Å²) in [6.45, 7) is 2.18. The zero-order valence-corrected chi connectivity index (χ0v) is 17.3. The molecule has 1 N–H and O–H groups in total. The highest BCUT2D eigenvalue weighted by molar-refractivity contribution is 5.94. The molecule has 1 saturated carbocycles. The van der Waals surface area contributed by atoms with Crippen molar-refractivity contribution < 1.29 is 0 Å². The van der Waals surface area contributed by atoms with Gasteiger partial charge in [-0.2, -0.15) is 4.98 Å². The van der Waals surface area contributed by atoms with Gasteiger partial charge < -0.3 is 9.88 Å². The first-order valence-corrected chi connectivity index (χ1v) is 10.8. The van der Waals surface area contributed by atoms with Crippen molar-refractivity contribution in [2.75, 3.05) is 5.32 Å². The highest BCUT2D eigenvalue weighted by atomic mass is 15.2. The lowest BCUT2D eigenvalue weighted by molar-refractivity contribution is 0.360. The third-order valence-electron chi connectivity index (χ3n) is 6.03. The van der Waals surface area contributed by atoms with E-state index in [9.17, 15) is 0 Å². The summed E-state index contributed by atoms with van der Waals surface area (Å²) >= 11 is 0. The highest BCUT2D eigenvalue weighted by Crippen LogP contribution is 2.36. The second-order valence-corrected chi connectivity index (χ2v) is 7.98. The van der Waals surface area contributed by atoms with Gasteiger partial charge in [0.2, 0.25) is 5.95 Å². The van der Waals surface area contributed by atoms with Gasteiger partial charge in [0.05, 0.1) is 18.1 Å². The fourth-order valence-corrected chi connectivity index (χ4v) is 4.37. The first-order chi connectivity index (χ1) is 14.8. The first kappa shape index (κ1) is 18.7. The molecule has 1 fully saturated rings. The van der Waals surface area contributed by atoms with Crippen molar-refractivity contribution in [1.82, 2.24) is 24.5 Å². The fourth-order valence-electron chi connectivity index (χ4n) is 4.37. The van der Waals surface area contributed by atoms with Crippen LogP contribution in [0.5, 0.6) is 0 Å². The molecule has 152 valence electrons. The average Bonchev–Trinajstić information content (AvgIpc) is 3.19. The quantitative estimate of drug-likeness (QED) is 0.467. The Bertz CT molecular complexity index is 1130. The van der Waals surface area contributed by atoms with Crippen LogP contribution in [0.25, 0.3) is 22.2 Å². The van der Waals surface area contributed by atoms with Gasteiger partial charge in [0.15, 0.2) is 0 Å². The lowest BCUT2D eigenvalue weighted by Gasteiger charge is -2.23. The maximum absolute atomic E-state index is 4.91. The number of hydrogen-bond donors (Lipinski definition) is 1. The Balaban J connectivity index is 1.59. The standard InChI is InChI=1S/C24H26N6/c1-2-17-8-10-18(11-9-17)22-15-30(20-6-4-3-5-7-20)23-21(22)14-27-24(29-23)28-19-12-25-16-26-13-19/h8-16,20H,2-7H2,1H3,(H,27,28,29). The van der Waals surface area contributed by atoms with Gasteiger partial charge in [0, 0.05) is 29.4 Å². The van der Waals surface area contributed by atoms with Crippen LogP contribution in [-0.4, -0.2) is 24.5 Å². The van der Waals surface area contributed by atoms with Gasteiger partial charge >= 0.3 is 0 Å². The van der Waals surface area contributed by atoms with Crippen molar-refractivity contribution in [3.05, 3.63) is 60.9 Å². The molecule has 0 spiro atoms. The van der Waals surface area contributed by atoms with E-state index in [1.165, 1.54) is 55.1 Å². The van der Waals surface area contributed by atoms with Crippen LogP contribution in [0, 0.1) is 0 Å². The molecule has 4 aromatic rings. The van der Waals surface area contributed by atoms with Crippen molar-refractivity contribution >= 4 is 22.7 Å². The Labute approximate surface area is 176 Å². The predicted octanol–water partition coefficient (Wildman–Crippen LogP) is 5.70. The van der Waals surface area contributed by atoms with Gasteiger partial charge in [-0.05, 0) is 30.4 Å². The van der Waals surface area contributed by atoms with Crippen LogP contribution in [-0.2, 0) is 6.42 Å². The topological polar surface area (TPSA) is 68.5 Å². The molecular formula is C24H26N6. The molecule has 5 rings (SSSR count). The zero-order valence-electron chi connectivity index (χ0n) is 17.3. The Morgan fingerprint density at radius 1 is 1.00 bits per heavy atom. The van der Waals surface area contributed by atoms with Gasteiger partial charge in [-0.25, -0.2) is 15.0 Å². The van der Waals surface area contributed by atoms with Crippen LogP contribution < -0.4 is 5.32 Å². The van der Waals surface area contributed by atoms with E-state index in [2.05, 4.69) is 62.2 Å². The summed E-state index contributed by atoms with van der Waals surface area (Å²) in [5.41, 5.74) is 5.54. The number of anilines is 2. The van der Waals surface area contributed by atoms with E-state index in [-0.39, 0.29) is 0 Å². The third-order valence-corrected chi connectivity index (χ3v) is 6.03. The minimum absolute atomic E-state index is 0.493. The maximum atomic E-state index is 4.91. The molecule has 0 atom stereocenters. The average molecular weight is 399 g/mol. The van der Waals surface area contributed by atoms with Crippen molar-refractivity contribution in [3.63, 3.8) is 0 Å². The number of hydrogen-bond acceptors (Lipinski definition) is 5. The van der Waals surface area contributed by atoms with Gasteiger partial charge in [-0.1, -0.05) is 50.5 Å². The highest BCUT2D eigenvalue weighted by Gasteiger charge is 2.21. The van der Waals surface area contributed by atoms with Crippen LogP contribution in [0.1, 0.15) is 50.6 Å². The maximum Gasteiger partial charge on any atom is 0.229 e. The molecule has 0 bridgehead atoms. The second kappa shape index (κ2) is 8.22. The molecule has 3 aromatic heterocycles. The largest absolute Gasteiger partial charge is 0.329 e. The van der Waals surface area contributed by atoms with Gasteiger partial charge in [0.25, 0.3) is 0 Å². The Morgan fingerprint density at radius 3 is 2.50 bits per heavy atom. The summed E-state index contributed by atoms with van der Waals surface area (Å²) in [6.07, 6.45) is 16.5. The van der Waals surface area contributed by atoms with Crippen molar-refractivity contribution in [1.29, 1.82) is 0 Å². The smallest absolute Gasteiger partial charge is 0.229 e. The molecule has 0 amide bonds. The first-order valence-electron chi connectivity index (χ1n) is 10.8. The number of aromatic nitrogens is 5. The lowest BCUT2D eigenvalue weighted by atomic mass is 9.95. The second-order valence-electron chi connectivity index (χ2n) is 7.98. The van der Waals surface area contributed by atoms with E-state index in [1.54, 1.807) is 12.4 Å². The normalized spacial score (nSPS) is 14.8. The Morgan fingerprint density at radius 2 is 1.77 bits per heavy atom. The number of rotatable bonds is 5. The summed E-state index contributed by atoms with van der Waals surface area (Å²) < 4.78 is 2.38. The van der Waals surface area contributed by atoms with Crippen molar-refractivity contribution in [3.8, 4) is 11.1 Å². The van der Waals surface area contributed by atoms with Crippen LogP contribution in [0.15, 0.2) is 55.4 Å². The molecule has 0 aliphatic heterocycles. The Hall–Kier alpha value is -3.28. The molecular weight excluding hydrogens is 372 g/mol. The predicted molar refractivity (Wildman–Crippen MR) is 120 cm³/mol. The number of nitrogens with zero attached hydrogens (tertiary/aromatic N) is 5. The third kappa shape index (κ3) is 3.65. The molecule has 1 aliphatic rings. The molecule has 1 aromatic carbocycles. The van der Waals surface area contributed by atoms with Crippen LogP contribution in [0.3, 0.4) is 0 Å². The molecule has 0 radical (unpaired) electrons. The van der Waals surface area contributed by atoms with Crippen LogP contribution >= 0.6 is 0 Å². The van der Waals surface area contributed by atoms with Gasteiger partial charge in [-0.3, -0.25) is 0 Å². The zero-order chi connectivity index (χ0) is 20.3. The van der Waals surface area contributed by atoms with Crippen molar-refractivity contribution in [2.24, 2.45) is 0 Å². The van der Waals surface area contributed by atoms with E-state index in [0.717, 1.165) is 23.1 Å². The molecule has 3 heterocycles.